The minimum atomic E-state index is -0.762. The monoisotopic (exact) mass is 408 g/mol. The molecule has 0 aliphatic rings. The lowest BCUT2D eigenvalue weighted by Gasteiger charge is -2.07. The molecule has 0 radical (unpaired) electrons. The van der Waals surface area contributed by atoms with Crippen LogP contribution in [0.3, 0.4) is 0 Å². The van der Waals surface area contributed by atoms with Crippen molar-refractivity contribution >= 4 is 28.6 Å². The summed E-state index contributed by atoms with van der Waals surface area (Å²) in [6, 6.07) is 13.6. The van der Waals surface area contributed by atoms with Crippen LogP contribution in [0.2, 0.25) is 0 Å². The van der Waals surface area contributed by atoms with E-state index < -0.39 is 23.3 Å². The van der Waals surface area contributed by atoms with E-state index in [4.69, 9.17) is 4.74 Å². The first kappa shape index (κ1) is 20.7. The van der Waals surface area contributed by atoms with Crippen molar-refractivity contribution in [3.63, 3.8) is 0 Å². The van der Waals surface area contributed by atoms with Crippen LogP contribution in [-0.2, 0) is 16.1 Å². The van der Waals surface area contributed by atoms with E-state index in [2.05, 4.69) is 20.6 Å². The van der Waals surface area contributed by atoms with Crippen molar-refractivity contribution in [2.75, 3.05) is 13.2 Å². The van der Waals surface area contributed by atoms with Gasteiger partial charge in [-0.05, 0) is 29.3 Å². The van der Waals surface area contributed by atoms with Crippen molar-refractivity contribution < 1.29 is 19.1 Å². The number of amides is 2. The van der Waals surface area contributed by atoms with Crippen molar-refractivity contribution in [1.29, 1.82) is 0 Å². The smallest absolute Gasteiger partial charge is 0.325 e. The molecule has 0 aliphatic heterocycles. The third kappa shape index (κ3) is 5.07. The summed E-state index contributed by atoms with van der Waals surface area (Å²) in [5.74, 6) is -2.30. The summed E-state index contributed by atoms with van der Waals surface area (Å²) in [6.07, 6.45) is 1.02. The Morgan fingerprint density at radius 3 is 2.53 bits per heavy atom. The highest BCUT2D eigenvalue weighted by atomic mass is 16.5. The van der Waals surface area contributed by atoms with Crippen LogP contribution >= 0.6 is 0 Å². The predicted octanol–water partition coefficient (Wildman–Crippen LogP) is 1.15. The van der Waals surface area contributed by atoms with E-state index in [1.54, 1.807) is 6.92 Å². The summed E-state index contributed by atoms with van der Waals surface area (Å²) in [5, 5.41) is 7.07. The van der Waals surface area contributed by atoms with Gasteiger partial charge in [-0.1, -0.05) is 36.4 Å². The molecule has 1 aromatic heterocycles. The first-order valence-corrected chi connectivity index (χ1v) is 9.27. The molecule has 3 N–H and O–H groups in total. The number of benzene rings is 2. The van der Waals surface area contributed by atoms with Gasteiger partial charge in [0.05, 0.1) is 6.61 Å². The van der Waals surface area contributed by atoms with Crippen molar-refractivity contribution in [3.05, 3.63) is 76.0 Å². The number of esters is 1. The number of aromatic amines is 1. The molecule has 154 valence electrons. The number of ether oxygens (including phenoxy) is 1. The summed E-state index contributed by atoms with van der Waals surface area (Å²) < 4.78 is 4.69. The maximum atomic E-state index is 12.3. The molecule has 0 spiro atoms. The van der Waals surface area contributed by atoms with Gasteiger partial charge < -0.3 is 20.4 Å². The summed E-state index contributed by atoms with van der Waals surface area (Å²) in [5.41, 5.74) is -0.110. The van der Waals surface area contributed by atoms with Crippen LogP contribution in [0.5, 0.6) is 0 Å². The van der Waals surface area contributed by atoms with E-state index in [1.807, 2.05) is 42.5 Å². The number of hydrogen-bond acceptors (Lipinski definition) is 6. The number of fused-ring (bicyclic) bond motifs is 1. The lowest BCUT2D eigenvalue weighted by atomic mass is 10.1. The number of nitrogens with one attached hydrogen (secondary N) is 3. The zero-order valence-corrected chi connectivity index (χ0v) is 16.2. The Kier molecular flexibility index (Phi) is 6.53. The van der Waals surface area contributed by atoms with Gasteiger partial charge in [-0.25, -0.2) is 4.98 Å². The standard InChI is InChI=1S/C21H20N4O5/c1-2-30-17(26)12-24-21(29)18-22-11-16(20(28)25-18)19(27)23-10-13-7-8-14-5-3-4-6-15(14)9-13/h3-9,11H,2,10,12H2,1H3,(H,23,27)(H,24,29)(H,22,25,28). The minimum Gasteiger partial charge on any atom is -0.465 e. The molecule has 0 bridgehead atoms. The van der Waals surface area contributed by atoms with Gasteiger partial charge in [0.2, 0.25) is 0 Å². The zero-order chi connectivity index (χ0) is 21.5. The first-order valence-electron chi connectivity index (χ1n) is 9.27. The van der Waals surface area contributed by atoms with Gasteiger partial charge in [0, 0.05) is 12.7 Å². The largest absolute Gasteiger partial charge is 0.465 e. The SMILES string of the molecule is CCOC(=O)CNC(=O)c1ncc(C(=O)NCc2ccc3ccccc3c2)c(=O)[nH]1. The molecule has 0 unspecified atom stereocenters. The van der Waals surface area contributed by atoms with Crippen LogP contribution in [0.25, 0.3) is 10.8 Å². The molecule has 2 aromatic carbocycles. The Morgan fingerprint density at radius 2 is 1.80 bits per heavy atom. The van der Waals surface area contributed by atoms with Crippen molar-refractivity contribution in [1.82, 2.24) is 20.6 Å². The molecular weight excluding hydrogens is 388 g/mol. The van der Waals surface area contributed by atoms with Gasteiger partial charge in [-0.2, -0.15) is 0 Å². The molecule has 9 heteroatoms. The van der Waals surface area contributed by atoms with E-state index in [-0.39, 0.29) is 31.1 Å². The topological polar surface area (TPSA) is 130 Å². The molecule has 0 saturated carbocycles. The van der Waals surface area contributed by atoms with Crippen LogP contribution in [-0.4, -0.2) is 40.9 Å². The van der Waals surface area contributed by atoms with E-state index in [1.165, 1.54) is 0 Å². The van der Waals surface area contributed by atoms with E-state index in [0.717, 1.165) is 22.5 Å². The van der Waals surface area contributed by atoms with Crippen LogP contribution in [0.15, 0.2) is 53.5 Å². The maximum absolute atomic E-state index is 12.3. The van der Waals surface area contributed by atoms with Gasteiger partial charge in [-0.3, -0.25) is 19.2 Å². The van der Waals surface area contributed by atoms with Crippen molar-refractivity contribution in [3.8, 4) is 0 Å². The van der Waals surface area contributed by atoms with Crippen LogP contribution < -0.4 is 16.2 Å². The number of carbonyl (C=O) groups excluding carboxylic acids is 3. The third-order valence-electron chi connectivity index (χ3n) is 4.22. The Morgan fingerprint density at radius 1 is 1.03 bits per heavy atom. The molecule has 0 fully saturated rings. The molecule has 3 rings (SSSR count). The third-order valence-corrected chi connectivity index (χ3v) is 4.22. The summed E-state index contributed by atoms with van der Waals surface area (Å²) >= 11 is 0. The lowest BCUT2D eigenvalue weighted by molar-refractivity contribution is -0.141. The molecule has 2 amide bonds. The predicted molar refractivity (Wildman–Crippen MR) is 109 cm³/mol. The fourth-order valence-electron chi connectivity index (χ4n) is 2.75. The highest BCUT2D eigenvalue weighted by molar-refractivity contribution is 5.95. The molecule has 0 saturated heterocycles. The van der Waals surface area contributed by atoms with Crippen LogP contribution in [0, 0.1) is 0 Å². The number of hydrogen-bond donors (Lipinski definition) is 3. The van der Waals surface area contributed by atoms with Crippen molar-refractivity contribution in [2.45, 2.75) is 13.5 Å². The first-order chi connectivity index (χ1) is 14.5. The van der Waals surface area contributed by atoms with E-state index in [0.29, 0.717) is 0 Å². The van der Waals surface area contributed by atoms with Gasteiger partial charge in [0.25, 0.3) is 17.4 Å². The van der Waals surface area contributed by atoms with Gasteiger partial charge in [-0.15, -0.1) is 0 Å². The zero-order valence-electron chi connectivity index (χ0n) is 16.2. The maximum Gasteiger partial charge on any atom is 0.325 e. The van der Waals surface area contributed by atoms with Crippen LogP contribution in [0.4, 0.5) is 0 Å². The Labute approximate surface area is 171 Å². The minimum absolute atomic E-state index is 0.187. The molecule has 3 aromatic rings. The number of aromatic nitrogens is 2. The fourth-order valence-corrected chi connectivity index (χ4v) is 2.75. The lowest BCUT2D eigenvalue weighted by Crippen LogP contribution is -2.35. The molecule has 9 nitrogen and oxygen atoms in total. The molecule has 30 heavy (non-hydrogen) atoms. The van der Waals surface area contributed by atoms with Crippen molar-refractivity contribution in [2.24, 2.45) is 0 Å². The van der Waals surface area contributed by atoms with E-state index in [9.17, 15) is 19.2 Å². The summed E-state index contributed by atoms with van der Waals surface area (Å²) in [7, 11) is 0. The fraction of sp³-hybridized carbons (Fsp3) is 0.190. The second-order valence-electron chi connectivity index (χ2n) is 6.33. The Hall–Kier alpha value is -4.01. The Bertz CT molecular complexity index is 1160. The second-order valence-corrected chi connectivity index (χ2v) is 6.33. The van der Waals surface area contributed by atoms with Gasteiger partial charge in [0.15, 0.2) is 5.82 Å². The highest BCUT2D eigenvalue weighted by Crippen LogP contribution is 2.15. The number of rotatable bonds is 7. The van der Waals surface area contributed by atoms with Gasteiger partial charge >= 0.3 is 5.97 Å². The molecule has 0 atom stereocenters. The average Bonchev–Trinajstić information content (AvgIpc) is 2.75. The number of carbonyl (C=O) groups is 3. The highest BCUT2D eigenvalue weighted by Gasteiger charge is 2.16. The summed E-state index contributed by atoms with van der Waals surface area (Å²) in [6.45, 7) is 1.70. The average molecular weight is 408 g/mol. The normalized spacial score (nSPS) is 10.4. The molecule has 0 aliphatic carbocycles. The van der Waals surface area contributed by atoms with Gasteiger partial charge in [0.1, 0.15) is 12.1 Å². The number of H-pyrrole nitrogens is 1. The second kappa shape index (κ2) is 9.46. The Balaban J connectivity index is 1.62. The molecule has 1 heterocycles. The number of nitrogens with zero attached hydrogens (tertiary/aromatic N) is 1. The quantitative estimate of drug-likeness (QED) is 0.503. The van der Waals surface area contributed by atoms with E-state index >= 15 is 0 Å². The molecular formula is C21H20N4O5. The van der Waals surface area contributed by atoms with Crippen LogP contribution in [0.1, 0.15) is 33.5 Å². The summed E-state index contributed by atoms with van der Waals surface area (Å²) in [4.78, 5) is 53.8.